The summed E-state index contributed by atoms with van der Waals surface area (Å²) in [5.74, 6) is 0. The highest BCUT2D eigenvalue weighted by Crippen LogP contribution is 2.31. The minimum atomic E-state index is -0.354. The molecule has 4 heteroatoms. The lowest BCUT2D eigenvalue weighted by atomic mass is 9.84. The Balaban J connectivity index is 2.09. The molecule has 98 valence electrons. The zero-order valence-corrected chi connectivity index (χ0v) is 11.2. The Morgan fingerprint density at radius 2 is 2.33 bits per heavy atom. The summed E-state index contributed by atoms with van der Waals surface area (Å²) in [6.07, 6.45) is 5.74. The Bertz CT molecular complexity index is 422. The summed E-state index contributed by atoms with van der Waals surface area (Å²) in [7, 11) is 0. The van der Waals surface area contributed by atoms with Crippen molar-refractivity contribution in [3.63, 3.8) is 0 Å². The first-order valence-electron chi connectivity index (χ1n) is 6.76. The number of nitrogens with zero attached hydrogens (tertiary/aromatic N) is 3. The monoisotopic (exact) mass is 247 g/mol. The molecule has 0 radical (unpaired) electrons. The van der Waals surface area contributed by atoms with Crippen LogP contribution in [0.15, 0.2) is 12.3 Å². The van der Waals surface area contributed by atoms with Crippen LogP contribution in [0.25, 0.3) is 0 Å². The molecule has 0 spiro atoms. The molecule has 1 unspecified atom stereocenters. The van der Waals surface area contributed by atoms with Crippen molar-refractivity contribution in [2.45, 2.75) is 45.6 Å². The molecule has 0 bridgehead atoms. The lowest BCUT2D eigenvalue weighted by molar-refractivity contribution is 0.171. The van der Waals surface area contributed by atoms with Crippen LogP contribution in [0.2, 0.25) is 0 Å². The second-order valence-corrected chi connectivity index (χ2v) is 5.13. The molecule has 0 saturated carbocycles. The van der Waals surface area contributed by atoms with Gasteiger partial charge < -0.3 is 4.74 Å². The third-order valence-electron chi connectivity index (χ3n) is 3.84. The van der Waals surface area contributed by atoms with E-state index >= 15 is 0 Å². The molecule has 18 heavy (non-hydrogen) atoms. The third-order valence-corrected chi connectivity index (χ3v) is 3.84. The molecule has 4 nitrogen and oxygen atoms in total. The maximum atomic E-state index is 9.32. The molecule has 1 saturated heterocycles. The van der Waals surface area contributed by atoms with Gasteiger partial charge in [-0.15, -0.1) is 0 Å². The van der Waals surface area contributed by atoms with Gasteiger partial charge in [-0.1, -0.05) is 13.8 Å². The lowest BCUT2D eigenvalue weighted by Crippen LogP contribution is -2.22. The van der Waals surface area contributed by atoms with Gasteiger partial charge in [0.2, 0.25) is 0 Å². The van der Waals surface area contributed by atoms with E-state index < -0.39 is 0 Å². The maximum absolute atomic E-state index is 9.32. The van der Waals surface area contributed by atoms with E-state index in [1.807, 2.05) is 16.9 Å². The molecule has 0 aromatic carbocycles. The fourth-order valence-corrected chi connectivity index (χ4v) is 2.56. The highest BCUT2D eigenvalue weighted by Gasteiger charge is 2.36. The summed E-state index contributed by atoms with van der Waals surface area (Å²) < 4.78 is 7.40. The van der Waals surface area contributed by atoms with E-state index in [-0.39, 0.29) is 5.41 Å². The van der Waals surface area contributed by atoms with E-state index in [9.17, 15) is 5.26 Å². The van der Waals surface area contributed by atoms with E-state index in [4.69, 9.17) is 4.74 Å². The fourth-order valence-electron chi connectivity index (χ4n) is 2.56. The fraction of sp³-hybridized carbons (Fsp3) is 0.714. The molecule has 1 fully saturated rings. The van der Waals surface area contributed by atoms with Gasteiger partial charge in [0.15, 0.2) is 0 Å². The van der Waals surface area contributed by atoms with Gasteiger partial charge in [0, 0.05) is 19.2 Å². The van der Waals surface area contributed by atoms with Gasteiger partial charge in [0.05, 0.1) is 29.8 Å². The molecular weight excluding hydrogens is 226 g/mol. The van der Waals surface area contributed by atoms with Gasteiger partial charge in [0.25, 0.3) is 0 Å². The Morgan fingerprint density at radius 1 is 1.56 bits per heavy atom. The van der Waals surface area contributed by atoms with E-state index in [1.165, 1.54) is 0 Å². The Labute approximate surface area is 109 Å². The van der Waals surface area contributed by atoms with E-state index in [2.05, 4.69) is 25.0 Å². The van der Waals surface area contributed by atoms with Gasteiger partial charge in [-0.3, -0.25) is 4.68 Å². The van der Waals surface area contributed by atoms with Crippen LogP contribution in [0.4, 0.5) is 0 Å². The van der Waals surface area contributed by atoms with E-state index in [0.29, 0.717) is 25.7 Å². The number of hydrogen-bond donors (Lipinski definition) is 0. The summed E-state index contributed by atoms with van der Waals surface area (Å²) in [4.78, 5) is 0. The molecule has 1 aromatic rings. The van der Waals surface area contributed by atoms with Crippen LogP contribution in [0.1, 0.15) is 44.8 Å². The zero-order chi connectivity index (χ0) is 13.0. The summed E-state index contributed by atoms with van der Waals surface area (Å²) in [6.45, 7) is 5.59. The standard InChI is InChI=1S/C14H21N3O/c1-3-13(4-2)17-7-5-12(16-17)9-14(10-15)6-8-18-11-14/h5,7,13H,3-4,6,8-9,11H2,1-2H3. The highest BCUT2D eigenvalue weighted by molar-refractivity contribution is 5.12. The van der Waals surface area contributed by atoms with Crippen molar-refractivity contribution < 1.29 is 4.74 Å². The van der Waals surface area contributed by atoms with Gasteiger partial charge in [0.1, 0.15) is 0 Å². The smallest absolute Gasteiger partial charge is 0.0884 e. The van der Waals surface area contributed by atoms with Gasteiger partial charge in [-0.05, 0) is 25.3 Å². The number of ether oxygens (including phenoxy) is 1. The van der Waals surface area contributed by atoms with Gasteiger partial charge >= 0.3 is 0 Å². The van der Waals surface area contributed by atoms with Crippen LogP contribution in [-0.4, -0.2) is 23.0 Å². The number of nitriles is 1. The van der Waals surface area contributed by atoms with Gasteiger partial charge in [-0.2, -0.15) is 10.4 Å². The molecule has 1 aromatic heterocycles. The van der Waals surface area contributed by atoms with Crippen LogP contribution in [0.5, 0.6) is 0 Å². The number of hydrogen-bond acceptors (Lipinski definition) is 3. The Kier molecular flexibility index (Phi) is 4.03. The van der Waals surface area contributed by atoms with E-state index in [1.54, 1.807) is 0 Å². The van der Waals surface area contributed by atoms with Gasteiger partial charge in [-0.25, -0.2) is 0 Å². The topological polar surface area (TPSA) is 50.8 Å². The Morgan fingerprint density at radius 3 is 2.89 bits per heavy atom. The van der Waals surface area contributed by atoms with Crippen molar-refractivity contribution in [1.82, 2.24) is 9.78 Å². The predicted molar refractivity (Wildman–Crippen MR) is 69.0 cm³/mol. The van der Waals surface area contributed by atoms with Crippen LogP contribution >= 0.6 is 0 Å². The molecule has 2 heterocycles. The van der Waals surface area contributed by atoms with Crippen molar-refractivity contribution in [2.75, 3.05) is 13.2 Å². The maximum Gasteiger partial charge on any atom is 0.0884 e. The molecule has 0 aliphatic carbocycles. The average molecular weight is 247 g/mol. The number of rotatable bonds is 5. The molecular formula is C14H21N3O. The molecule has 0 N–H and O–H groups in total. The minimum absolute atomic E-state index is 0.354. The average Bonchev–Trinajstić information content (AvgIpc) is 3.02. The van der Waals surface area contributed by atoms with Crippen LogP contribution in [-0.2, 0) is 11.2 Å². The first kappa shape index (κ1) is 13.1. The SMILES string of the molecule is CCC(CC)n1ccc(CC2(C#N)CCOC2)n1. The van der Waals surface area contributed by atoms with Crippen LogP contribution in [0.3, 0.4) is 0 Å². The molecule has 1 aliphatic heterocycles. The second-order valence-electron chi connectivity index (χ2n) is 5.13. The van der Waals surface area contributed by atoms with E-state index in [0.717, 1.165) is 25.0 Å². The Hall–Kier alpha value is -1.34. The first-order valence-corrected chi connectivity index (χ1v) is 6.76. The molecule has 1 aliphatic rings. The van der Waals surface area contributed by atoms with Crippen LogP contribution in [0, 0.1) is 16.7 Å². The van der Waals surface area contributed by atoms with Crippen molar-refractivity contribution in [3.05, 3.63) is 18.0 Å². The lowest BCUT2D eigenvalue weighted by Gasteiger charge is -2.17. The summed E-state index contributed by atoms with van der Waals surface area (Å²) >= 11 is 0. The minimum Gasteiger partial charge on any atom is -0.380 e. The summed E-state index contributed by atoms with van der Waals surface area (Å²) in [6, 6.07) is 4.92. The first-order chi connectivity index (χ1) is 8.73. The zero-order valence-electron chi connectivity index (χ0n) is 11.2. The molecule has 0 amide bonds. The quantitative estimate of drug-likeness (QED) is 0.803. The molecule has 1 atom stereocenters. The predicted octanol–water partition coefficient (Wildman–Crippen LogP) is 2.72. The summed E-state index contributed by atoms with van der Waals surface area (Å²) in [5.41, 5.74) is 0.654. The highest BCUT2D eigenvalue weighted by atomic mass is 16.5. The normalized spacial score (nSPS) is 23.4. The second kappa shape index (κ2) is 5.53. The van der Waals surface area contributed by atoms with Crippen LogP contribution < -0.4 is 0 Å². The van der Waals surface area contributed by atoms with Crippen molar-refractivity contribution in [3.8, 4) is 6.07 Å². The van der Waals surface area contributed by atoms with Crippen molar-refractivity contribution in [1.29, 1.82) is 5.26 Å². The number of aromatic nitrogens is 2. The third kappa shape index (κ3) is 2.56. The van der Waals surface area contributed by atoms with Crippen molar-refractivity contribution >= 4 is 0 Å². The summed E-state index contributed by atoms with van der Waals surface area (Å²) in [5, 5.41) is 13.9. The largest absolute Gasteiger partial charge is 0.380 e. The molecule has 2 rings (SSSR count). The van der Waals surface area contributed by atoms with Crippen molar-refractivity contribution in [2.24, 2.45) is 5.41 Å².